The number of anilines is 1. The maximum Gasteiger partial charge on any atom is 0.292 e. The Kier molecular flexibility index (Phi) is 2.43. The number of oxazole rings is 1. The Hall–Kier alpha value is -1.81. The second-order valence-electron chi connectivity index (χ2n) is 3.27. The normalized spacial score (nSPS) is 10.5. The third kappa shape index (κ3) is 1.71. The molecule has 3 N–H and O–H groups in total. The smallest absolute Gasteiger partial charge is 0.292 e. The molecule has 2 aromatic rings. The minimum Gasteiger partial charge on any atom is -0.429 e. The molecule has 0 radical (unpaired) electrons. The minimum atomic E-state index is -0.0254. The van der Waals surface area contributed by atoms with Crippen LogP contribution >= 0.6 is 0 Å². The first kappa shape index (κ1) is 9.73. The van der Waals surface area contributed by atoms with Gasteiger partial charge in [-0.15, -0.1) is 0 Å². The van der Waals surface area contributed by atoms with Crippen LogP contribution in [0.1, 0.15) is 11.3 Å². The van der Waals surface area contributed by atoms with Crippen LogP contribution in [-0.2, 0) is 6.61 Å². The Balaban J connectivity index is 2.58. The molecule has 4 heteroatoms. The van der Waals surface area contributed by atoms with E-state index in [4.69, 9.17) is 10.2 Å². The lowest BCUT2D eigenvalue weighted by atomic mass is 10.0. The molecule has 0 aliphatic heterocycles. The second-order valence-corrected chi connectivity index (χ2v) is 3.27. The number of benzene rings is 1. The molecule has 4 nitrogen and oxygen atoms in total. The standard InChI is InChI=1S/C11H12N2O2/c1-7-10(13-11(12)15-7)9-5-3-2-4-8(9)6-14/h2-5,14H,6H2,1H3,(H2,12,13). The van der Waals surface area contributed by atoms with E-state index in [1.807, 2.05) is 24.3 Å². The molecule has 0 aliphatic rings. The molecule has 0 bridgehead atoms. The van der Waals surface area contributed by atoms with Gasteiger partial charge in [-0.3, -0.25) is 0 Å². The first-order valence-corrected chi connectivity index (χ1v) is 4.64. The molecule has 0 saturated heterocycles. The van der Waals surface area contributed by atoms with Gasteiger partial charge in [-0.1, -0.05) is 24.3 Å². The topological polar surface area (TPSA) is 72.3 Å². The lowest BCUT2D eigenvalue weighted by molar-refractivity contribution is 0.282. The molecule has 1 aromatic heterocycles. The van der Waals surface area contributed by atoms with Gasteiger partial charge in [-0.25, -0.2) is 0 Å². The Bertz CT molecular complexity index is 477. The van der Waals surface area contributed by atoms with E-state index in [0.717, 1.165) is 11.1 Å². The zero-order chi connectivity index (χ0) is 10.8. The lowest BCUT2D eigenvalue weighted by Crippen LogP contribution is -1.90. The number of nitrogen functional groups attached to an aromatic ring is 1. The summed E-state index contributed by atoms with van der Waals surface area (Å²) in [6, 6.07) is 7.64. The van der Waals surface area contributed by atoms with Crippen LogP contribution in [0.5, 0.6) is 0 Å². The molecule has 0 amide bonds. The molecule has 0 unspecified atom stereocenters. The Morgan fingerprint density at radius 1 is 1.40 bits per heavy atom. The summed E-state index contributed by atoms with van der Waals surface area (Å²) in [5.74, 6) is 0.661. The summed E-state index contributed by atoms with van der Waals surface area (Å²) in [6.45, 7) is 1.77. The molecule has 0 atom stereocenters. The van der Waals surface area contributed by atoms with E-state index in [-0.39, 0.29) is 12.6 Å². The second kappa shape index (κ2) is 3.74. The van der Waals surface area contributed by atoms with Crippen LogP contribution in [0.2, 0.25) is 0 Å². The highest BCUT2D eigenvalue weighted by molar-refractivity contribution is 5.66. The first-order chi connectivity index (χ1) is 7.22. The fourth-order valence-corrected chi connectivity index (χ4v) is 1.56. The Morgan fingerprint density at radius 2 is 2.13 bits per heavy atom. The fourth-order valence-electron chi connectivity index (χ4n) is 1.56. The number of aliphatic hydroxyl groups excluding tert-OH is 1. The van der Waals surface area contributed by atoms with E-state index in [0.29, 0.717) is 11.5 Å². The summed E-state index contributed by atoms with van der Waals surface area (Å²) in [5, 5.41) is 9.19. The predicted molar refractivity (Wildman–Crippen MR) is 57.0 cm³/mol. The third-order valence-electron chi connectivity index (χ3n) is 2.26. The van der Waals surface area contributed by atoms with Gasteiger partial charge in [-0.05, 0) is 12.5 Å². The van der Waals surface area contributed by atoms with E-state index in [9.17, 15) is 5.11 Å². The van der Waals surface area contributed by atoms with Crippen molar-refractivity contribution in [1.82, 2.24) is 4.98 Å². The fraction of sp³-hybridized carbons (Fsp3) is 0.182. The zero-order valence-corrected chi connectivity index (χ0v) is 8.40. The predicted octanol–water partition coefficient (Wildman–Crippen LogP) is 1.72. The molecule has 1 aromatic carbocycles. The van der Waals surface area contributed by atoms with Crippen molar-refractivity contribution in [1.29, 1.82) is 0 Å². The highest BCUT2D eigenvalue weighted by atomic mass is 16.4. The third-order valence-corrected chi connectivity index (χ3v) is 2.26. The van der Waals surface area contributed by atoms with Gasteiger partial charge in [0.2, 0.25) is 0 Å². The van der Waals surface area contributed by atoms with Gasteiger partial charge in [-0.2, -0.15) is 4.98 Å². The number of nitrogens with two attached hydrogens (primary N) is 1. The van der Waals surface area contributed by atoms with Crippen molar-refractivity contribution in [3.8, 4) is 11.3 Å². The number of aliphatic hydroxyl groups is 1. The van der Waals surface area contributed by atoms with E-state index in [2.05, 4.69) is 4.98 Å². The van der Waals surface area contributed by atoms with Crippen LogP contribution in [0.4, 0.5) is 6.01 Å². The zero-order valence-electron chi connectivity index (χ0n) is 8.40. The van der Waals surface area contributed by atoms with Crippen LogP contribution in [0.15, 0.2) is 28.7 Å². The number of hydrogen-bond donors (Lipinski definition) is 2. The Labute approximate surface area is 87.4 Å². The number of aryl methyl sites for hydroxylation is 1. The van der Waals surface area contributed by atoms with Gasteiger partial charge in [0.1, 0.15) is 11.5 Å². The van der Waals surface area contributed by atoms with Crippen molar-refractivity contribution >= 4 is 6.01 Å². The summed E-state index contributed by atoms with van der Waals surface area (Å²) < 4.78 is 5.15. The van der Waals surface area contributed by atoms with Crippen LogP contribution in [-0.4, -0.2) is 10.1 Å². The summed E-state index contributed by atoms with van der Waals surface area (Å²) in [6.07, 6.45) is 0. The summed E-state index contributed by atoms with van der Waals surface area (Å²) in [7, 11) is 0. The summed E-state index contributed by atoms with van der Waals surface area (Å²) in [4.78, 5) is 4.09. The summed E-state index contributed by atoms with van der Waals surface area (Å²) in [5.41, 5.74) is 7.83. The van der Waals surface area contributed by atoms with E-state index < -0.39 is 0 Å². The van der Waals surface area contributed by atoms with Crippen molar-refractivity contribution in [3.05, 3.63) is 35.6 Å². The SMILES string of the molecule is Cc1oc(N)nc1-c1ccccc1CO. The highest BCUT2D eigenvalue weighted by Crippen LogP contribution is 2.27. The van der Waals surface area contributed by atoms with Crippen molar-refractivity contribution in [2.45, 2.75) is 13.5 Å². The molecule has 2 rings (SSSR count). The molecule has 0 fully saturated rings. The van der Waals surface area contributed by atoms with Gasteiger partial charge < -0.3 is 15.3 Å². The molecular weight excluding hydrogens is 192 g/mol. The van der Waals surface area contributed by atoms with Crippen molar-refractivity contribution in [2.24, 2.45) is 0 Å². The molecule has 0 saturated carbocycles. The average molecular weight is 204 g/mol. The largest absolute Gasteiger partial charge is 0.429 e. The van der Waals surface area contributed by atoms with Crippen molar-refractivity contribution in [2.75, 3.05) is 5.73 Å². The van der Waals surface area contributed by atoms with Gasteiger partial charge >= 0.3 is 0 Å². The van der Waals surface area contributed by atoms with Crippen LogP contribution in [0.25, 0.3) is 11.3 Å². The average Bonchev–Trinajstić information content (AvgIpc) is 2.57. The monoisotopic (exact) mass is 204 g/mol. The molecular formula is C11H12N2O2. The van der Waals surface area contributed by atoms with Gasteiger partial charge in [0, 0.05) is 5.56 Å². The highest BCUT2D eigenvalue weighted by Gasteiger charge is 2.12. The minimum absolute atomic E-state index is 0.0254. The van der Waals surface area contributed by atoms with E-state index in [1.165, 1.54) is 0 Å². The van der Waals surface area contributed by atoms with Gasteiger partial charge in [0.25, 0.3) is 6.01 Å². The number of nitrogens with zero attached hydrogens (tertiary/aromatic N) is 1. The molecule has 0 spiro atoms. The molecule has 0 aliphatic carbocycles. The maximum absolute atomic E-state index is 9.19. The number of hydrogen-bond acceptors (Lipinski definition) is 4. The summed E-state index contributed by atoms with van der Waals surface area (Å²) >= 11 is 0. The van der Waals surface area contributed by atoms with Gasteiger partial charge in [0.05, 0.1) is 6.61 Å². The van der Waals surface area contributed by atoms with Crippen LogP contribution in [0.3, 0.4) is 0 Å². The van der Waals surface area contributed by atoms with E-state index >= 15 is 0 Å². The molecule has 1 heterocycles. The molecule has 15 heavy (non-hydrogen) atoms. The number of rotatable bonds is 2. The molecule has 78 valence electrons. The Morgan fingerprint density at radius 3 is 2.73 bits per heavy atom. The van der Waals surface area contributed by atoms with Crippen molar-refractivity contribution in [3.63, 3.8) is 0 Å². The maximum atomic E-state index is 9.19. The van der Waals surface area contributed by atoms with Gasteiger partial charge in [0.15, 0.2) is 0 Å². The van der Waals surface area contributed by atoms with E-state index in [1.54, 1.807) is 6.92 Å². The quantitative estimate of drug-likeness (QED) is 0.781. The van der Waals surface area contributed by atoms with Crippen molar-refractivity contribution < 1.29 is 9.52 Å². The number of aromatic nitrogens is 1. The lowest BCUT2D eigenvalue weighted by Gasteiger charge is -2.03. The van der Waals surface area contributed by atoms with Crippen LogP contribution in [0, 0.1) is 6.92 Å². The first-order valence-electron chi connectivity index (χ1n) is 4.64. The van der Waals surface area contributed by atoms with Crippen LogP contribution < -0.4 is 5.73 Å².